The monoisotopic (exact) mass is 417 g/mol. The molecule has 0 fully saturated rings. The standard InChI is InChI=1S/C20H23N3O3S2/c1-6-23-19(25)16-11(2)12(3)27-18(16)22-20(23)28-13(4)17(24)21-14-8-7-9-15(10-14)26-5/h7-10,13H,6H2,1-5H3,(H,21,24)/t13-/m0/s1. The molecule has 2 aromatic heterocycles. The molecule has 0 saturated carbocycles. The number of carbonyl (C=O) groups is 1. The van der Waals surface area contributed by atoms with Crippen molar-refractivity contribution in [2.75, 3.05) is 12.4 Å². The summed E-state index contributed by atoms with van der Waals surface area (Å²) in [6.45, 7) is 8.17. The number of hydrogen-bond donors (Lipinski definition) is 1. The molecule has 0 aliphatic carbocycles. The van der Waals surface area contributed by atoms with E-state index >= 15 is 0 Å². The minimum Gasteiger partial charge on any atom is -0.497 e. The summed E-state index contributed by atoms with van der Waals surface area (Å²) in [6.07, 6.45) is 0. The Balaban J connectivity index is 1.86. The van der Waals surface area contributed by atoms with Crippen molar-refractivity contribution < 1.29 is 9.53 Å². The SMILES string of the molecule is CCn1c(S[C@@H](C)C(=O)Nc2cccc(OC)c2)nc2sc(C)c(C)c2c1=O. The van der Waals surface area contributed by atoms with Crippen molar-refractivity contribution in [3.05, 3.63) is 45.1 Å². The summed E-state index contributed by atoms with van der Waals surface area (Å²) < 4.78 is 6.83. The predicted octanol–water partition coefficient (Wildman–Crippen LogP) is 4.22. The first-order valence-corrected chi connectivity index (χ1v) is 10.7. The number of methoxy groups -OCH3 is 1. The lowest BCUT2D eigenvalue weighted by atomic mass is 10.2. The molecule has 8 heteroatoms. The molecule has 1 amide bonds. The number of thioether (sulfide) groups is 1. The molecule has 1 atom stereocenters. The van der Waals surface area contributed by atoms with Crippen molar-refractivity contribution in [2.24, 2.45) is 0 Å². The van der Waals surface area contributed by atoms with E-state index in [1.54, 1.807) is 30.7 Å². The number of thiophene rings is 1. The van der Waals surface area contributed by atoms with Crippen LogP contribution in [-0.2, 0) is 11.3 Å². The van der Waals surface area contributed by atoms with Crippen molar-refractivity contribution in [3.8, 4) is 5.75 Å². The first-order valence-electron chi connectivity index (χ1n) is 8.97. The van der Waals surface area contributed by atoms with Gasteiger partial charge >= 0.3 is 0 Å². The van der Waals surface area contributed by atoms with Crippen molar-refractivity contribution in [1.82, 2.24) is 9.55 Å². The topological polar surface area (TPSA) is 73.2 Å². The summed E-state index contributed by atoms with van der Waals surface area (Å²) in [7, 11) is 1.58. The second-order valence-corrected chi connectivity index (χ2v) is 8.90. The van der Waals surface area contributed by atoms with Crippen LogP contribution >= 0.6 is 23.1 Å². The Kier molecular flexibility index (Phi) is 6.10. The van der Waals surface area contributed by atoms with E-state index < -0.39 is 5.25 Å². The molecule has 0 aliphatic heterocycles. The minimum absolute atomic E-state index is 0.0442. The second kappa shape index (κ2) is 8.36. The van der Waals surface area contributed by atoms with Crippen LogP contribution in [0.3, 0.4) is 0 Å². The molecule has 6 nitrogen and oxygen atoms in total. The van der Waals surface area contributed by atoms with Crippen LogP contribution in [0.25, 0.3) is 10.2 Å². The highest BCUT2D eigenvalue weighted by Gasteiger charge is 2.21. The van der Waals surface area contributed by atoms with E-state index in [1.165, 1.54) is 23.1 Å². The molecular formula is C20H23N3O3S2. The minimum atomic E-state index is -0.421. The van der Waals surface area contributed by atoms with Crippen LogP contribution in [0, 0.1) is 13.8 Å². The van der Waals surface area contributed by atoms with Gasteiger partial charge in [-0.05, 0) is 45.4 Å². The number of anilines is 1. The molecule has 0 radical (unpaired) electrons. The molecular weight excluding hydrogens is 394 g/mol. The van der Waals surface area contributed by atoms with Gasteiger partial charge in [-0.3, -0.25) is 14.2 Å². The van der Waals surface area contributed by atoms with Gasteiger partial charge in [0.2, 0.25) is 5.91 Å². The summed E-state index contributed by atoms with van der Waals surface area (Å²) in [6, 6.07) is 7.20. The summed E-state index contributed by atoms with van der Waals surface area (Å²) in [5.74, 6) is 0.516. The number of carbonyl (C=O) groups excluding carboxylic acids is 1. The average molecular weight is 418 g/mol. The third-order valence-corrected chi connectivity index (χ3v) is 6.75. The molecule has 1 N–H and O–H groups in total. The van der Waals surface area contributed by atoms with Gasteiger partial charge in [0.05, 0.1) is 17.7 Å². The van der Waals surface area contributed by atoms with E-state index in [0.717, 1.165) is 15.3 Å². The Morgan fingerprint density at radius 2 is 2.14 bits per heavy atom. The van der Waals surface area contributed by atoms with Crippen LogP contribution in [-0.4, -0.2) is 27.8 Å². The van der Waals surface area contributed by atoms with Gasteiger partial charge in [-0.2, -0.15) is 0 Å². The first-order chi connectivity index (χ1) is 13.3. The molecule has 0 spiro atoms. The Labute approximate surface area is 171 Å². The lowest BCUT2D eigenvalue weighted by Crippen LogP contribution is -2.26. The maximum atomic E-state index is 12.9. The molecule has 2 heterocycles. The van der Waals surface area contributed by atoms with Crippen LogP contribution in [0.15, 0.2) is 34.2 Å². The highest BCUT2D eigenvalue weighted by Crippen LogP contribution is 2.30. The van der Waals surface area contributed by atoms with E-state index in [1.807, 2.05) is 32.9 Å². The lowest BCUT2D eigenvalue weighted by molar-refractivity contribution is -0.115. The van der Waals surface area contributed by atoms with E-state index in [2.05, 4.69) is 10.3 Å². The zero-order valence-electron chi connectivity index (χ0n) is 16.5. The first kappa shape index (κ1) is 20.4. The number of nitrogens with zero attached hydrogens (tertiary/aromatic N) is 2. The fourth-order valence-electron chi connectivity index (χ4n) is 2.83. The number of ether oxygens (including phenoxy) is 1. The van der Waals surface area contributed by atoms with Crippen LogP contribution < -0.4 is 15.6 Å². The fraction of sp³-hybridized carbons (Fsp3) is 0.350. The van der Waals surface area contributed by atoms with E-state index in [9.17, 15) is 9.59 Å². The van der Waals surface area contributed by atoms with E-state index in [4.69, 9.17) is 4.74 Å². The Morgan fingerprint density at radius 3 is 2.82 bits per heavy atom. The van der Waals surface area contributed by atoms with Gasteiger partial charge in [0, 0.05) is 23.2 Å². The molecule has 148 valence electrons. The second-order valence-electron chi connectivity index (χ2n) is 6.39. The largest absolute Gasteiger partial charge is 0.497 e. The maximum Gasteiger partial charge on any atom is 0.263 e. The molecule has 3 aromatic rings. The highest BCUT2D eigenvalue weighted by atomic mass is 32.2. The van der Waals surface area contributed by atoms with Gasteiger partial charge in [0.25, 0.3) is 5.56 Å². The molecule has 0 bridgehead atoms. The van der Waals surface area contributed by atoms with Gasteiger partial charge in [0.15, 0.2) is 5.16 Å². The quantitative estimate of drug-likeness (QED) is 0.480. The summed E-state index contributed by atoms with van der Waals surface area (Å²) in [5, 5.41) is 3.71. The van der Waals surface area contributed by atoms with Crippen molar-refractivity contribution in [1.29, 1.82) is 0 Å². The number of benzene rings is 1. The Bertz CT molecular complexity index is 1090. The number of amides is 1. The van der Waals surface area contributed by atoms with Gasteiger partial charge in [-0.25, -0.2) is 4.98 Å². The highest BCUT2D eigenvalue weighted by molar-refractivity contribution is 8.00. The molecule has 0 saturated heterocycles. The summed E-state index contributed by atoms with van der Waals surface area (Å²) in [5.41, 5.74) is 1.61. The summed E-state index contributed by atoms with van der Waals surface area (Å²) >= 11 is 2.81. The van der Waals surface area contributed by atoms with Crippen molar-refractivity contribution in [2.45, 2.75) is 44.6 Å². The number of nitrogens with one attached hydrogen (secondary N) is 1. The van der Waals surface area contributed by atoms with Crippen LogP contribution in [0.2, 0.25) is 0 Å². The smallest absolute Gasteiger partial charge is 0.263 e. The van der Waals surface area contributed by atoms with Crippen LogP contribution in [0.1, 0.15) is 24.3 Å². The van der Waals surface area contributed by atoms with E-state index in [0.29, 0.717) is 28.5 Å². The molecule has 28 heavy (non-hydrogen) atoms. The number of hydrogen-bond acceptors (Lipinski definition) is 6. The van der Waals surface area contributed by atoms with Crippen LogP contribution in [0.4, 0.5) is 5.69 Å². The number of aryl methyl sites for hydroxylation is 2. The molecule has 1 aromatic carbocycles. The van der Waals surface area contributed by atoms with Gasteiger partial charge in [-0.15, -0.1) is 11.3 Å². The fourth-order valence-corrected chi connectivity index (χ4v) is 4.88. The Morgan fingerprint density at radius 1 is 1.39 bits per heavy atom. The summed E-state index contributed by atoms with van der Waals surface area (Å²) in [4.78, 5) is 32.1. The zero-order chi connectivity index (χ0) is 20.4. The number of fused-ring (bicyclic) bond motifs is 1. The zero-order valence-corrected chi connectivity index (χ0v) is 18.2. The number of rotatable bonds is 6. The third kappa shape index (κ3) is 3.93. The average Bonchev–Trinajstić information content (AvgIpc) is 2.96. The van der Waals surface area contributed by atoms with Crippen molar-refractivity contribution >= 4 is 44.9 Å². The Hall–Kier alpha value is -2.32. The lowest BCUT2D eigenvalue weighted by Gasteiger charge is -2.15. The normalized spacial score (nSPS) is 12.2. The molecule has 3 rings (SSSR count). The predicted molar refractivity (Wildman–Crippen MR) is 116 cm³/mol. The van der Waals surface area contributed by atoms with Gasteiger partial charge in [0.1, 0.15) is 10.6 Å². The van der Waals surface area contributed by atoms with Crippen LogP contribution in [0.5, 0.6) is 5.75 Å². The van der Waals surface area contributed by atoms with Crippen molar-refractivity contribution in [3.63, 3.8) is 0 Å². The maximum absolute atomic E-state index is 12.9. The number of aromatic nitrogens is 2. The van der Waals surface area contributed by atoms with Gasteiger partial charge in [-0.1, -0.05) is 17.8 Å². The third-order valence-electron chi connectivity index (χ3n) is 4.56. The van der Waals surface area contributed by atoms with E-state index in [-0.39, 0.29) is 11.5 Å². The molecule has 0 unspecified atom stereocenters. The molecule has 0 aliphatic rings. The van der Waals surface area contributed by atoms with Gasteiger partial charge < -0.3 is 10.1 Å².